The molecule has 0 amide bonds. The van der Waals surface area contributed by atoms with E-state index in [9.17, 15) is 0 Å². The number of hydrogen-bond donors (Lipinski definition) is 1. The van der Waals surface area contributed by atoms with Crippen LogP contribution in [0.25, 0.3) is 11.3 Å². The van der Waals surface area contributed by atoms with Gasteiger partial charge in [0.15, 0.2) is 0 Å². The third-order valence-electron chi connectivity index (χ3n) is 2.63. The zero-order valence-corrected chi connectivity index (χ0v) is 10.1. The standard InChI is InChI=1S/C13H16N2O2/c1-3-16-12-7-5-4-6-10(12)13-11(8-14)9(2)17-15-13/h4-7H,3,8,14H2,1-2H3. The topological polar surface area (TPSA) is 61.3 Å². The maximum absolute atomic E-state index is 5.72. The van der Waals surface area contributed by atoms with Crippen molar-refractivity contribution < 1.29 is 9.26 Å². The van der Waals surface area contributed by atoms with Gasteiger partial charge in [0.05, 0.1) is 6.61 Å². The van der Waals surface area contributed by atoms with Crippen LogP contribution in [-0.4, -0.2) is 11.8 Å². The minimum atomic E-state index is 0.408. The molecule has 1 aromatic carbocycles. The number of para-hydroxylation sites is 1. The Balaban J connectivity index is 2.52. The Bertz CT molecular complexity index is 506. The Kier molecular flexibility index (Phi) is 3.44. The van der Waals surface area contributed by atoms with Crippen molar-refractivity contribution in [2.75, 3.05) is 6.61 Å². The van der Waals surface area contributed by atoms with Crippen molar-refractivity contribution in [3.8, 4) is 17.0 Å². The molecular weight excluding hydrogens is 216 g/mol. The lowest BCUT2D eigenvalue weighted by Gasteiger charge is -2.08. The fourth-order valence-electron chi connectivity index (χ4n) is 1.79. The predicted octanol–water partition coefficient (Wildman–Crippen LogP) is 2.51. The summed E-state index contributed by atoms with van der Waals surface area (Å²) in [6.07, 6.45) is 0. The van der Waals surface area contributed by atoms with Crippen LogP contribution < -0.4 is 10.5 Å². The van der Waals surface area contributed by atoms with Crippen LogP contribution in [0.3, 0.4) is 0 Å². The summed E-state index contributed by atoms with van der Waals surface area (Å²) in [5.74, 6) is 1.56. The minimum absolute atomic E-state index is 0.408. The van der Waals surface area contributed by atoms with Crippen molar-refractivity contribution in [3.05, 3.63) is 35.6 Å². The summed E-state index contributed by atoms with van der Waals surface area (Å²) in [4.78, 5) is 0. The SMILES string of the molecule is CCOc1ccccc1-c1noc(C)c1CN. The highest BCUT2D eigenvalue weighted by molar-refractivity contribution is 5.70. The first-order valence-corrected chi connectivity index (χ1v) is 5.65. The Morgan fingerprint density at radius 3 is 2.82 bits per heavy atom. The Labute approximate surface area is 100 Å². The van der Waals surface area contributed by atoms with Crippen LogP contribution in [0.2, 0.25) is 0 Å². The minimum Gasteiger partial charge on any atom is -0.493 e. The van der Waals surface area contributed by atoms with E-state index >= 15 is 0 Å². The third kappa shape index (κ3) is 2.17. The normalized spacial score (nSPS) is 10.5. The highest BCUT2D eigenvalue weighted by Gasteiger charge is 2.16. The average Bonchev–Trinajstić information content (AvgIpc) is 2.71. The maximum atomic E-state index is 5.72. The van der Waals surface area contributed by atoms with Gasteiger partial charge in [-0.15, -0.1) is 0 Å². The third-order valence-corrected chi connectivity index (χ3v) is 2.63. The fourth-order valence-corrected chi connectivity index (χ4v) is 1.79. The van der Waals surface area contributed by atoms with Crippen molar-refractivity contribution in [2.45, 2.75) is 20.4 Å². The molecule has 90 valence electrons. The van der Waals surface area contributed by atoms with E-state index in [0.717, 1.165) is 28.3 Å². The van der Waals surface area contributed by atoms with Crippen molar-refractivity contribution >= 4 is 0 Å². The first-order chi connectivity index (χ1) is 8.27. The summed E-state index contributed by atoms with van der Waals surface area (Å²) >= 11 is 0. The molecule has 0 aliphatic heterocycles. The molecular formula is C13H16N2O2. The summed E-state index contributed by atoms with van der Waals surface area (Å²) in [6, 6.07) is 7.76. The zero-order valence-electron chi connectivity index (χ0n) is 10.1. The molecule has 1 aromatic heterocycles. The summed E-state index contributed by atoms with van der Waals surface area (Å²) in [5, 5.41) is 4.06. The van der Waals surface area contributed by atoms with Crippen LogP contribution in [0.4, 0.5) is 0 Å². The molecule has 4 heteroatoms. The molecule has 2 aromatic rings. The molecule has 0 fully saturated rings. The van der Waals surface area contributed by atoms with Gasteiger partial charge in [-0.25, -0.2) is 0 Å². The molecule has 0 aliphatic carbocycles. The number of aryl methyl sites for hydroxylation is 1. The highest BCUT2D eigenvalue weighted by Crippen LogP contribution is 2.32. The molecule has 0 saturated heterocycles. The van der Waals surface area contributed by atoms with E-state index in [0.29, 0.717) is 13.2 Å². The first-order valence-electron chi connectivity index (χ1n) is 5.65. The van der Waals surface area contributed by atoms with Gasteiger partial charge < -0.3 is 15.0 Å². The quantitative estimate of drug-likeness (QED) is 0.879. The summed E-state index contributed by atoms with van der Waals surface area (Å²) in [5.41, 5.74) is 8.34. The monoisotopic (exact) mass is 232 g/mol. The second-order valence-corrected chi connectivity index (χ2v) is 3.70. The number of ether oxygens (including phenoxy) is 1. The molecule has 0 saturated carbocycles. The van der Waals surface area contributed by atoms with Crippen molar-refractivity contribution in [2.24, 2.45) is 5.73 Å². The van der Waals surface area contributed by atoms with Crippen molar-refractivity contribution in [1.29, 1.82) is 0 Å². The lowest BCUT2D eigenvalue weighted by Crippen LogP contribution is -2.00. The van der Waals surface area contributed by atoms with Gasteiger partial charge in [-0.2, -0.15) is 0 Å². The van der Waals surface area contributed by atoms with E-state index in [4.69, 9.17) is 15.0 Å². The van der Waals surface area contributed by atoms with E-state index in [1.165, 1.54) is 0 Å². The van der Waals surface area contributed by atoms with Crippen LogP contribution in [0.15, 0.2) is 28.8 Å². The number of aromatic nitrogens is 1. The summed E-state index contributed by atoms with van der Waals surface area (Å²) < 4.78 is 10.8. The molecule has 17 heavy (non-hydrogen) atoms. The number of benzene rings is 1. The molecule has 0 atom stereocenters. The molecule has 0 radical (unpaired) electrons. The van der Waals surface area contributed by atoms with Crippen LogP contribution in [0.1, 0.15) is 18.2 Å². The van der Waals surface area contributed by atoms with Gasteiger partial charge in [-0.3, -0.25) is 0 Å². The van der Waals surface area contributed by atoms with Gasteiger partial charge in [-0.05, 0) is 26.0 Å². The number of nitrogens with two attached hydrogens (primary N) is 1. The summed E-state index contributed by atoms with van der Waals surface area (Å²) in [6.45, 7) is 4.84. The van der Waals surface area contributed by atoms with Crippen LogP contribution in [0, 0.1) is 6.92 Å². The summed E-state index contributed by atoms with van der Waals surface area (Å²) in [7, 11) is 0. The Morgan fingerprint density at radius 1 is 1.35 bits per heavy atom. The van der Waals surface area contributed by atoms with Gasteiger partial charge >= 0.3 is 0 Å². The molecule has 4 nitrogen and oxygen atoms in total. The van der Waals surface area contributed by atoms with E-state index < -0.39 is 0 Å². The first kappa shape index (κ1) is 11.7. The second kappa shape index (κ2) is 5.01. The van der Waals surface area contributed by atoms with E-state index in [1.54, 1.807) is 0 Å². The smallest absolute Gasteiger partial charge is 0.138 e. The van der Waals surface area contributed by atoms with Crippen LogP contribution in [0.5, 0.6) is 5.75 Å². The molecule has 0 aliphatic rings. The Morgan fingerprint density at radius 2 is 2.12 bits per heavy atom. The number of rotatable bonds is 4. The lowest BCUT2D eigenvalue weighted by atomic mass is 10.1. The van der Waals surface area contributed by atoms with Crippen molar-refractivity contribution in [1.82, 2.24) is 5.16 Å². The van der Waals surface area contributed by atoms with Gasteiger partial charge in [0.1, 0.15) is 17.2 Å². The largest absolute Gasteiger partial charge is 0.493 e. The van der Waals surface area contributed by atoms with Gasteiger partial charge in [0.2, 0.25) is 0 Å². The average molecular weight is 232 g/mol. The van der Waals surface area contributed by atoms with Gasteiger partial charge in [0, 0.05) is 17.7 Å². The lowest BCUT2D eigenvalue weighted by molar-refractivity contribution is 0.341. The molecule has 0 spiro atoms. The zero-order chi connectivity index (χ0) is 12.3. The molecule has 0 bridgehead atoms. The number of nitrogens with zero attached hydrogens (tertiary/aromatic N) is 1. The number of hydrogen-bond acceptors (Lipinski definition) is 4. The predicted molar refractivity (Wildman–Crippen MR) is 65.7 cm³/mol. The fraction of sp³-hybridized carbons (Fsp3) is 0.308. The van der Waals surface area contributed by atoms with Crippen LogP contribution >= 0.6 is 0 Å². The van der Waals surface area contributed by atoms with Crippen molar-refractivity contribution in [3.63, 3.8) is 0 Å². The van der Waals surface area contributed by atoms with E-state index in [-0.39, 0.29) is 0 Å². The van der Waals surface area contributed by atoms with Gasteiger partial charge in [-0.1, -0.05) is 17.3 Å². The molecule has 0 unspecified atom stereocenters. The second-order valence-electron chi connectivity index (χ2n) is 3.70. The molecule has 2 N–H and O–H groups in total. The molecule has 1 heterocycles. The molecule has 2 rings (SSSR count). The highest BCUT2D eigenvalue weighted by atomic mass is 16.5. The Hall–Kier alpha value is -1.81. The van der Waals surface area contributed by atoms with E-state index in [1.807, 2.05) is 38.1 Å². The van der Waals surface area contributed by atoms with E-state index in [2.05, 4.69) is 5.16 Å². The van der Waals surface area contributed by atoms with Gasteiger partial charge in [0.25, 0.3) is 0 Å². The maximum Gasteiger partial charge on any atom is 0.138 e. The van der Waals surface area contributed by atoms with Crippen LogP contribution in [-0.2, 0) is 6.54 Å².